The summed E-state index contributed by atoms with van der Waals surface area (Å²) in [6, 6.07) is 4.95. The summed E-state index contributed by atoms with van der Waals surface area (Å²) in [7, 11) is -1.77. The van der Waals surface area contributed by atoms with Crippen molar-refractivity contribution in [3.05, 3.63) is 30.1 Å². The Kier molecular flexibility index (Phi) is 4.85. The minimum atomic E-state index is -3.63. The van der Waals surface area contributed by atoms with Gasteiger partial charge in [-0.3, -0.25) is 4.79 Å². The normalized spacial score (nSPS) is 12.0. The molecule has 0 aliphatic rings. The Labute approximate surface area is 130 Å². The van der Waals surface area contributed by atoms with E-state index in [4.69, 9.17) is 0 Å². The summed E-state index contributed by atoms with van der Waals surface area (Å²) in [6.45, 7) is 3.89. The molecule has 1 aromatic heterocycles. The van der Waals surface area contributed by atoms with Crippen LogP contribution in [-0.4, -0.2) is 29.6 Å². The Morgan fingerprint density at radius 2 is 2.00 bits per heavy atom. The highest BCUT2D eigenvalue weighted by Crippen LogP contribution is 2.15. The summed E-state index contributed by atoms with van der Waals surface area (Å²) in [5.41, 5.74) is 1.84. The van der Waals surface area contributed by atoms with Gasteiger partial charge in [0.15, 0.2) is 0 Å². The van der Waals surface area contributed by atoms with Gasteiger partial charge >= 0.3 is 0 Å². The Morgan fingerprint density at radius 3 is 2.64 bits per heavy atom. The fraction of sp³-hybridized carbons (Fsp3) is 0.467. The fourth-order valence-corrected chi connectivity index (χ4v) is 3.93. The van der Waals surface area contributed by atoms with Crippen LogP contribution in [0.15, 0.2) is 24.5 Å². The summed E-state index contributed by atoms with van der Waals surface area (Å²) in [4.78, 5) is 16.3. The summed E-state index contributed by atoms with van der Waals surface area (Å²) >= 11 is 0. The van der Waals surface area contributed by atoms with Gasteiger partial charge < -0.3 is 4.57 Å². The number of hydrogen-bond donors (Lipinski definition) is 1. The number of nitrogens with one attached hydrogen (secondary N) is 1. The van der Waals surface area contributed by atoms with E-state index in [1.165, 1.54) is 0 Å². The van der Waals surface area contributed by atoms with Crippen LogP contribution in [0, 0.1) is 5.92 Å². The van der Waals surface area contributed by atoms with Crippen LogP contribution in [0.1, 0.15) is 37.0 Å². The largest absolute Gasteiger partial charge is 0.334 e. The van der Waals surface area contributed by atoms with Crippen LogP contribution in [-0.2, 0) is 17.1 Å². The molecule has 0 fully saturated rings. The highest BCUT2D eigenvalue weighted by atomic mass is 32.2. The van der Waals surface area contributed by atoms with Crippen molar-refractivity contribution in [2.75, 3.05) is 5.75 Å². The second kappa shape index (κ2) is 6.48. The molecule has 0 spiro atoms. The van der Waals surface area contributed by atoms with Crippen molar-refractivity contribution in [2.45, 2.75) is 26.7 Å². The molecule has 0 saturated carbocycles. The quantitative estimate of drug-likeness (QED) is 0.882. The monoisotopic (exact) mass is 323 g/mol. The van der Waals surface area contributed by atoms with E-state index in [1.807, 2.05) is 25.5 Å². The van der Waals surface area contributed by atoms with Gasteiger partial charge in [-0.25, -0.2) is 18.1 Å². The van der Waals surface area contributed by atoms with Crippen LogP contribution in [0.2, 0.25) is 0 Å². The number of carbonyl (C=O) groups is 1. The van der Waals surface area contributed by atoms with Gasteiger partial charge in [-0.2, -0.15) is 0 Å². The standard InChI is InChI=1S/C15H21N3O3S/c1-4-11(5-2)9-22(20,21)17-15(19)12-6-7-14-13(8-12)16-10-18(14)3/h6-8,10-11H,4-5,9H2,1-3H3,(H,17,19). The number of aryl methyl sites for hydroxylation is 1. The van der Waals surface area contributed by atoms with Gasteiger partial charge in [-0.05, 0) is 24.1 Å². The topological polar surface area (TPSA) is 81.1 Å². The molecule has 1 heterocycles. The molecule has 0 unspecified atom stereocenters. The summed E-state index contributed by atoms with van der Waals surface area (Å²) in [5, 5.41) is 0. The number of imidazole rings is 1. The predicted octanol–water partition coefficient (Wildman–Crippen LogP) is 2.07. The lowest BCUT2D eigenvalue weighted by Crippen LogP contribution is -2.34. The zero-order valence-electron chi connectivity index (χ0n) is 13.0. The molecule has 0 atom stereocenters. The molecule has 1 N–H and O–H groups in total. The highest BCUT2D eigenvalue weighted by molar-refractivity contribution is 7.90. The van der Waals surface area contributed by atoms with Gasteiger partial charge in [-0.1, -0.05) is 26.7 Å². The maximum absolute atomic E-state index is 12.1. The average molecular weight is 323 g/mol. The summed E-state index contributed by atoms with van der Waals surface area (Å²) in [6.07, 6.45) is 3.19. The minimum absolute atomic E-state index is 0.0302. The number of hydrogen-bond acceptors (Lipinski definition) is 4. The number of nitrogens with zero attached hydrogens (tertiary/aromatic N) is 2. The molecule has 0 bridgehead atoms. The van der Waals surface area contributed by atoms with Crippen LogP contribution >= 0.6 is 0 Å². The van der Waals surface area contributed by atoms with Crippen LogP contribution in [0.3, 0.4) is 0 Å². The lowest BCUT2D eigenvalue weighted by molar-refractivity contribution is 0.0981. The van der Waals surface area contributed by atoms with Gasteiger partial charge in [0.05, 0.1) is 23.1 Å². The molecular weight excluding hydrogens is 302 g/mol. The average Bonchev–Trinajstić information content (AvgIpc) is 2.85. The Hall–Kier alpha value is -1.89. The van der Waals surface area contributed by atoms with Gasteiger partial charge in [0.1, 0.15) is 0 Å². The smallest absolute Gasteiger partial charge is 0.264 e. The van der Waals surface area contributed by atoms with Crippen LogP contribution in [0.4, 0.5) is 0 Å². The number of sulfonamides is 1. The molecule has 6 nitrogen and oxygen atoms in total. The minimum Gasteiger partial charge on any atom is -0.334 e. The van der Waals surface area contributed by atoms with Gasteiger partial charge in [-0.15, -0.1) is 0 Å². The van der Waals surface area contributed by atoms with E-state index in [1.54, 1.807) is 24.5 Å². The lowest BCUT2D eigenvalue weighted by Gasteiger charge is -2.13. The van der Waals surface area contributed by atoms with Crippen molar-refractivity contribution in [3.8, 4) is 0 Å². The molecule has 7 heteroatoms. The maximum Gasteiger partial charge on any atom is 0.264 e. The molecule has 0 radical (unpaired) electrons. The Bertz CT molecular complexity index is 776. The first-order valence-electron chi connectivity index (χ1n) is 7.32. The molecule has 1 aromatic carbocycles. The molecule has 0 saturated heterocycles. The Balaban J connectivity index is 2.16. The molecule has 0 aliphatic heterocycles. The van der Waals surface area contributed by atoms with Crippen molar-refractivity contribution in [2.24, 2.45) is 13.0 Å². The third-order valence-electron chi connectivity index (χ3n) is 3.85. The van der Waals surface area contributed by atoms with E-state index in [0.29, 0.717) is 11.1 Å². The number of aromatic nitrogens is 2. The number of benzene rings is 1. The number of carbonyl (C=O) groups excluding carboxylic acids is 1. The maximum atomic E-state index is 12.1. The third kappa shape index (κ3) is 3.65. The van der Waals surface area contributed by atoms with Crippen LogP contribution in [0.5, 0.6) is 0 Å². The summed E-state index contributed by atoms with van der Waals surface area (Å²) < 4.78 is 28.1. The molecule has 2 rings (SSSR count). The number of amides is 1. The predicted molar refractivity (Wildman–Crippen MR) is 86.0 cm³/mol. The molecule has 1 amide bonds. The lowest BCUT2D eigenvalue weighted by atomic mass is 10.1. The highest BCUT2D eigenvalue weighted by Gasteiger charge is 2.20. The van der Waals surface area contributed by atoms with Gasteiger partial charge in [0.2, 0.25) is 10.0 Å². The SMILES string of the molecule is CCC(CC)CS(=O)(=O)NC(=O)c1ccc2c(c1)ncn2C. The van der Waals surface area contributed by atoms with E-state index in [0.717, 1.165) is 18.4 Å². The van der Waals surface area contributed by atoms with Crippen molar-refractivity contribution in [1.82, 2.24) is 14.3 Å². The fourth-order valence-electron chi connectivity index (χ4n) is 2.35. The number of fused-ring (bicyclic) bond motifs is 1. The van der Waals surface area contributed by atoms with Crippen molar-refractivity contribution >= 4 is 27.0 Å². The van der Waals surface area contributed by atoms with Crippen LogP contribution < -0.4 is 4.72 Å². The van der Waals surface area contributed by atoms with E-state index >= 15 is 0 Å². The van der Waals surface area contributed by atoms with E-state index in [2.05, 4.69) is 9.71 Å². The first-order chi connectivity index (χ1) is 10.4. The molecular formula is C15H21N3O3S. The van der Waals surface area contributed by atoms with E-state index < -0.39 is 15.9 Å². The molecule has 22 heavy (non-hydrogen) atoms. The van der Waals surface area contributed by atoms with Crippen molar-refractivity contribution in [3.63, 3.8) is 0 Å². The van der Waals surface area contributed by atoms with E-state index in [9.17, 15) is 13.2 Å². The van der Waals surface area contributed by atoms with E-state index in [-0.39, 0.29) is 11.7 Å². The second-order valence-electron chi connectivity index (χ2n) is 5.45. The first-order valence-corrected chi connectivity index (χ1v) is 8.97. The summed E-state index contributed by atoms with van der Waals surface area (Å²) in [5.74, 6) is -0.584. The molecule has 120 valence electrons. The zero-order valence-corrected chi connectivity index (χ0v) is 13.9. The Morgan fingerprint density at radius 1 is 1.32 bits per heavy atom. The second-order valence-corrected chi connectivity index (χ2v) is 7.22. The molecule has 0 aliphatic carbocycles. The van der Waals surface area contributed by atoms with Gasteiger partial charge in [0, 0.05) is 12.6 Å². The van der Waals surface area contributed by atoms with Crippen LogP contribution in [0.25, 0.3) is 11.0 Å². The van der Waals surface area contributed by atoms with Gasteiger partial charge in [0.25, 0.3) is 5.91 Å². The number of rotatable bonds is 6. The zero-order chi connectivity index (χ0) is 16.3. The third-order valence-corrected chi connectivity index (χ3v) is 5.25. The first kappa shape index (κ1) is 16.5. The molecule has 2 aromatic rings. The van der Waals surface area contributed by atoms with Crippen molar-refractivity contribution < 1.29 is 13.2 Å². The van der Waals surface area contributed by atoms with Crippen molar-refractivity contribution in [1.29, 1.82) is 0 Å².